The summed E-state index contributed by atoms with van der Waals surface area (Å²) in [5, 5.41) is 12.8. The highest BCUT2D eigenvalue weighted by molar-refractivity contribution is 5.93. The Labute approximate surface area is 431 Å². The van der Waals surface area contributed by atoms with Crippen LogP contribution in [0.25, 0.3) is 55.8 Å². The van der Waals surface area contributed by atoms with Crippen molar-refractivity contribution in [3.05, 3.63) is 198 Å². The number of pyridine rings is 1. The number of para-hydroxylation sites is 1. The lowest BCUT2D eigenvalue weighted by Crippen LogP contribution is -2.22. The lowest BCUT2D eigenvalue weighted by molar-refractivity contribution is 0.438. The molecular formula is C64H69N3O. The minimum absolute atomic E-state index is 0.120. The van der Waals surface area contributed by atoms with Crippen molar-refractivity contribution in [3.63, 3.8) is 0 Å². The van der Waals surface area contributed by atoms with Crippen LogP contribution < -0.4 is 10.6 Å². The standard InChI is InChI=1S/C64H69N3O/c1-42(2)33-43-25-30-58(55(34-43)47-21-16-13-17-22-47)67(41-51-38-53(63(6,7)8)40-56(61(51)68)64(9,10)11)59-24-18-23-54(60(59)65)49-35-50(37-52(36-49)62(3,4)5)57-39-48(31-32-66-57)46-28-26-45(27-29-46)44-19-14-12-15-20-44/h12-32,34-40,42,68H,33,41,65H2,1-11H3/i6D3,7D3,8D3,9D3,10D3,11D3. The van der Waals surface area contributed by atoms with Crippen LogP contribution in [0.5, 0.6) is 5.75 Å². The van der Waals surface area contributed by atoms with Crippen molar-refractivity contribution in [2.24, 2.45) is 5.92 Å². The van der Waals surface area contributed by atoms with E-state index in [1.807, 2.05) is 84.9 Å². The smallest absolute Gasteiger partial charge is 0.124 e. The Morgan fingerprint density at radius 1 is 0.544 bits per heavy atom. The van der Waals surface area contributed by atoms with Crippen LogP contribution in [0.2, 0.25) is 0 Å². The lowest BCUT2D eigenvalue weighted by atomic mass is 9.79. The van der Waals surface area contributed by atoms with Gasteiger partial charge in [0.25, 0.3) is 0 Å². The van der Waals surface area contributed by atoms with E-state index in [1.54, 1.807) is 35.4 Å². The summed E-state index contributed by atoms with van der Waals surface area (Å²) >= 11 is 0. The number of rotatable bonds is 11. The number of nitrogens with two attached hydrogens (primary N) is 1. The molecule has 0 amide bonds. The van der Waals surface area contributed by atoms with Gasteiger partial charge in [0, 0.05) is 58.8 Å². The SMILES string of the molecule is [2H]C([2H])([2H])C(c1cc(CN(c2ccc(CC(C)C)cc2-c2ccccc2)c2cccc(-c3cc(-c4cc(-c5ccc(-c6ccccc6)cc5)ccn4)cc(C(C)(C)C)c3)c2N)c(O)c(C(C([2H])([2H])[2H])(C([2H])([2H])[2H])C([2H])([2H])[2H])c1)(C([2H])([2H])[2H])C([2H])([2H])[2H]. The number of hydrogen-bond acceptors (Lipinski definition) is 4. The molecule has 4 nitrogen and oxygen atoms in total. The first kappa shape index (κ1) is 29.8. The molecule has 346 valence electrons. The van der Waals surface area contributed by atoms with Crippen LogP contribution in [0.3, 0.4) is 0 Å². The highest BCUT2D eigenvalue weighted by atomic mass is 16.3. The molecule has 0 unspecified atom stereocenters. The molecule has 1 heterocycles. The first-order valence-electron chi connectivity index (χ1n) is 31.7. The molecule has 68 heavy (non-hydrogen) atoms. The predicted octanol–water partition coefficient (Wildman–Crippen LogP) is 17.1. The van der Waals surface area contributed by atoms with Crippen LogP contribution >= 0.6 is 0 Å². The summed E-state index contributed by atoms with van der Waals surface area (Å²) in [6, 6.07) is 49.3. The van der Waals surface area contributed by atoms with Gasteiger partial charge >= 0.3 is 0 Å². The molecule has 0 saturated heterocycles. The van der Waals surface area contributed by atoms with E-state index < -0.39 is 86.3 Å². The van der Waals surface area contributed by atoms with Crippen LogP contribution in [0.4, 0.5) is 17.1 Å². The number of phenols is 1. The van der Waals surface area contributed by atoms with Gasteiger partial charge < -0.3 is 15.7 Å². The molecule has 8 rings (SSSR count). The van der Waals surface area contributed by atoms with E-state index in [0.717, 1.165) is 45.0 Å². The molecule has 1 aromatic heterocycles. The van der Waals surface area contributed by atoms with E-state index in [0.29, 0.717) is 46.1 Å². The summed E-state index contributed by atoms with van der Waals surface area (Å²) in [6.07, 6.45) is 2.37. The van der Waals surface area contributed by atoms with Crippen LogP contribution in [-0.2, 0) is 29.2 Å². The largest absolute Gasteiger partial charge is 0.507 e. The third-order valence-corrected chi connectivity index (χ3v) is 12.3. The number of anilines is 3. The molecule has 4 heteroatoms. The zero-order chi connectivity index (χ0) is 63.5. The van der Waals surface area contributed by atoms with Crippen molar-refractivity contribution in [2.45, 2.75) is 105 Å². The number of hydrogen-bond donors (Lipinski definition) is 2. The first-order chi connectivity index (χ1) is 39.7. The van der Waals surface area contributed by atoms with Crippen LogP contribution in [-0.4, -0.2) is 10.1 Å². The van der Waals surface area contributed by atoms with Gasteiger partial charge in [-0.15, -0.1) is 0 Å². The van der Waals surface area contributed by atoms with Crippen molar-refractivity contribution < 1.29 is 29.8 Å². The molecule has 0 bridgehead atoms. The van der Waals surface area contributed by atoms with Crippen molar-refractivity contribution >= 4 is 17.1 Å². The van der Waals surface area contributed by atoms with Crippen LogP contribution in [0.1, 0.15) is 128 Å². The second kappa shape index (κ2) is 19.0. The van der Waals surface area contributed by atoms with E-state index in [1.165, 1.54) is 0 Å². The maximum absolute atomic E-state index is 12.8. The zero-order valence-corrected chi connectivity index (χ0v) is 39.1. The molecule has 0 aliphatic carbocycles. The van der Waals surface area contributed by atoms with Crippen LogP contribution in [0.15, 0.2) is 170 Å². The van der Waals surface area contributed by atoms with Gasteiger partial charge in [0.15, 0.2) is 0 Å². The maximum atomic E-state index is 12.8. The Morgan fingerprint density at radius 2 is 1.16 bits per heavy atom. The Hall–Kier alpha value is -6.91. The molecule has 0 saturated carbocycles. The number of benzene rings is 7. The summed E-state index contributed by atoms with van der Waals surface area (Å²) < 4.78 is 157. The molecule has 3 N–H and O–H groups in total. The number of aromatic nitrogens is 1. The first-order valence-corrected chi connectivity index (χ1v) is 22.7. The van der Waals surface area contributed by atoms with Gasteiger partial charge in [0.2, 0.25) is 0 Å². The average Bonchev–Trinajstić information content (AvgIpc) is 0.694. The van der Waals surface area contributed by atoms with E-state index >= 15 is 0 Å². The van der Waals surface area contributed by atoms with Gasteiger partial charge in [-0.25, -0.2) is 0 Å². The van der Waals surface area contributed by atoms with Gasteiger partial charge in [-0.05, 0) is 133 Å². The maximum Gasteiger partial charge on any atom is 0.124 e. The van der Waals surface area contributed by atoms with E-state index in [9.17, 15) is 5.11 Å². The third kappa shape index (κ3) is 10.5. The fourth-order valence-corrected chi connectivity index (χ4v) is 8.71. The summed E-state index contributed by atoms with van der Waals surface area (Å²) in [5.41, 5.74) is 6.08. The molecule has 0 aliphatic heterocycles. The second-order valence-electron chi connectivity index (χ2n) is 19.1. The van der Waals surface area contributed by atoms with Gasteiger partial charge in [0.05, 0.1) is 23.6 Å². The van der Waals surface area contributed by atoms with E-state index in [4.69, 9.17) is 35.4 Å². The number of nitrogens with zero attached hydrogens (tertiary/aromatic N) is 2. The highest BCUT2D eigenvalue weighted by Crippen LogP contribution is 2.46. The Morgan fingerprint density at radius 3 is 1.81 bits per heavy atom. The topological polar surface area (TPSA) is 62.4 Å². The minimum atomic E-state index is -4.10. The summed E-state index contributed by atoms with van der Waals surface area (Å²) in [4.78, 5) is 6.43. The van der Waals surface area contributed by atoms with Crippen molar-refractivity contribution in [3.8, 4) is 61.5 Å². The fraction of sp³-hybridized carbons (Fsp3) is 0.266. The summed E-state index contributed by atoms with van der Waals surface area (Å²) in [7, 11) is 0. The van der Waals surface area contributed by atoms with Gasteiger partial charge in [0.1, 0.15) is 5.75 Å². The highest BCUT2D eigenvalue weighted by Gasteiger charge is 2.28. The summed E-state index contributed by atoms with van der Waals surface area (Å²) in [5.74, 6) is -1.09. The Kier molecular flexibility index (Phi) is 8.32. The Bertz CT molecular complexity index is 3650. The van der Waals surface area contributed by atoms with Gasteiger partial charge in [-0.2, -0.15) is 0 Å². The van der Waals surface area contributed by atoms with E-state index in [2.05, 4.69) is 77.1 Å². The molecule has 0 spiro atoms. The van der Waals surface area contributed by atoms with Crippen molar-refractivity contribution in [2.75, 3.05) is 10.6 Å². The number of aromatic hydroxyl groups is 1. The zero-order valence-electron chi connectivity index (χ0n) is 57.1. The number of nitrogen functional groups attached to an aromatic ring is 1. The van der Waals surface area contributed by atoms with Gasteiger partial charge in [-0.1, -0.05) is 191 Å². The molecule has 8 aromatic rings. The normalized spacial score (nSPS) is 17.1. The quantitative estimate of drug-likeness (QED) is 0.127. The third-order valence-electron chi connectivity index (χ3n) is 12.3. The minimum Gasteiger partial charge on any atom is -0.507 e. The van der Waals surface area contributed by atoms with Crippen LogP contribution in [0, 0.1) is 5.92 Å². The fourth-order valence-electron chi connectivity index (χ4n) is 8.71. The molecule has 0 radical (unpaired) electrons. The lowest BCUT2D eigenvalue weighted by Gasteiger charge is -2.32. The molecule has 0 aliphatic rings. The van der Waals surface area contributed by atoms with Crippen molar-refractivity contribution in [1.82, 2.24) is 4.98 Å². The Balaban J connectivity index is 1.44. The predicted molar refractivity (Wildman–Crippen MR) is 291 cm³/mol. The summed E-state index contributed by atoms with van der Waals surface area (Å²) in [6.45, 7) is -14.8. The molecular weight excluding hydrogens is 827 g/mol. The van der Waals surface area contributed by atoms with Crippen molar-refractivity contribution in [1.29, 1.82) is 0 Å². The molecule has 0 atom stereocenters. The monoisotopic (exact) mass is 914 g/mol. The van der Waals surface area contributed by atoms with Gasteiger partial charge in [-0.3, -0.25) is 4.98 Å². The molecule has 7 aromatic carbocycles. The average molecular weight is 914 g/mol. The van der Waals surface area contributed by atoms with E-state index in [-0.39, 0.29) is 17.3 Å². The second-order valence-corrected chi connectivity index (χ2v) is 19.1. The molecule has 0 fully saturated rings. The number of phenolic OH excluding ortho intramolecular Hbond substituents is 1.